The Morgan fingerprint density at radius 2 is 1.69 bits per heavy atom. The van der Waals surface area contributed by atoms with E-state index in [1.807, 2.05) is 60.7 Å². The second-order valence-corrected chi connectivity index (χ2v) is 7.73. The lowest BCUT2D eigenvalue weighted by molar-refractivity contribution is -0.153. The van der Waals surface area contributed by atoms with Gasteiger partial charge in [0.15, 0.2) is 6.10 Å². The van der Waals surface area contributed by atoms with E-state index in [1.165, 1.54) is 16.7 Å². The van der Waals surface area contributed by atoms with Crippen molar-refractivity contribution in [3.8, 4) is 0 Å². The summed E-state index contributed by atoms with van der Waals surface area (Å²) in [5.74, 6) is -0.241. The van der Waals surface area contributed by atoms with Crippen LogP contribution >= 0.6 is 24.2 Å². The number of fused-ring (bicyclic) bond motifs is 1. The lowest BCUT2D eigenvalue weighted by Gasteiger charge is -2.48. The van der Waals surface area contributed by atoms with E-state index in [1.54, 1.807) is 6.08 Å². The molecular weight excluding hydrogens is 408 g/mol. The summed E-state index contributed by atoms with van der Waals surface area (Å²) in [6.45, 7) is 3.79. The molecule has 2 heterocycles. The second-order valence-electron chi connectivity index (χ2n) is 6.62. The van der Waals surface area contributed by atoms with E-state index < -0.39 is 18.1 Å². The monoisotopic (exact) mass is 428 g/mol. The van der Waals surface area contributed by atoms with Crippen LogP contribution in [0.4, 0.5) is 0 Å². The fourth-order valence-corrected chi connectivity index (χ4v) is 4.72. The largest absolute Gasteiger partial charge is 0.448 e. The first-order valence-corrected chi connectivity index (χ1v) is 10.0. The van der Waals surface area contributed by atoms with Crippen LogP contribution in [0.3, 0.4) is 0 Å². The molecule has 2 N–H and O–H groups in total. The molecule has 0 bridgehead atoms. The Kier molecular flexibility index (Phi) is 6.47. The van der Waals surface area contributed by atoms with Crippen molar-refractivity contribution >= 4 is 36.0 Å². The minimum atomic E-state index is -0.585. The zero-order valence-corrected chi connectivity index (χ0v) is 17.2. The summed E-state index contributed by atoms with van der Waals surface area (Å²) in [5.41, 5.74) is 8.55. The maximum atomic E-state index is 13.2. The molecule has 0 aliphatic carbocycles. The predicted octanol–water partition coefficient (Wildman–Crippen LogP) is 3.42. The van der Waals surface area contributed by atoms with Gasteiger partial charge in [0.05, 0.1) is 0 Å². The first-order valence-electron chi connectivity index (χ1n) is 8.98. The average molecular weight is 429 g/mol. The minimum Gasteiger partial charge on any atom is -0.448 e. The molecule has 2 atom stereocenters. The summed E-state index contributed by atoms with van der Waals surface area (Å²) < 4.78 is 5.94. The summed E-state index contributed by atoms with van der Waals surface area (Å²) in [7, 11) is 0. The van der Waals surface area contributed by atoms with Gasteiger partial charge < -0.3 is 10.5 Å². The van der Waals surface area contributed by atoms with Gasteiger partial charge in [0.25, 0.3) is 0 Å². The quantitative estimate of drug-likeness (QED) is 0.583. The molecule has 5 nitrogen and oxygen atoms in total. The molecule has 1 saturated heterocycles. The maximum Gasteiger partial charge on any atom is 0.356 e. The Morgan fingerprint density at radius 1 is 1.14 bits per heavy atom. The van der Waals surface area contributed by atoms with Crippen molar-refractivity contribution in [2.45, 2.75) is 17.5 Å². The second kappa shape index (κ2) is 8.86. The molecule has 0 radical (unpaired) electrons. The number of nitrogens with zero attached hydrogens (tertiary/aromatic N) is 1. The van der Waals surface area contributed by atoms with Crippen molar-refractivity contribution in [1.29, 1.82) is 0 Å². The molecule has 7 heteroatoms. The molecule has 2 aliphatic heterocycles. The van der Waals surface area contributed by atoms with Crippen LogP contribution in [-0.2, 0) is 14.3 Å². The number of esters is 1. The number of nitrogens with two attached hydrogens (primary N) is 1. The third kappa shape index (κ3) is 3.83. The van der Waals surface area contributed by atoms with Crippen LogP contribution in [0.1, 0.15) is 17.2 Å². The third-order valence-electron chi connectivity index (χ3n) is 4.91. The SMILES string of the molecule is C=CC1=C(C(=O)OC(c2ccccc2)c2ccccc2)N2C(=O)C(N)[C@H]2SC1.Cl. The summed E-state index contributed by atoms with van der Waals surface area (Å²) >= 11 is 1.53. The summed E-state index contributed by atoms with van der Waals surface area (Å²) in [4.78, 5) is 27.0. The topological polar surface area (TPSA) is 72.6 Å². The van der Waals surface area contributed by atoms with Crippen LogP contribution < -0.4 is 5.73 Å². The van der Waals surface area contributed by atoms with Gasteiger partial charge in [-0.25, -0.2) is 4.79 Å². The molecule has 0 spiro atoms. The Balaban J connectivity index is 0.00000240. The third-order valence-corrected chi connectivity index (χ3v) is 6.23. The fraction of sp³-hybridized carbons (Fsp3) is 0.182. The van der Waals surface area contributed by atoms with Gasteiger partial charge in [-0.3, -0.25) is 9.69 Å². The van der Waals surface area contributed by atoms with E-state index in [-0.39, 0.29) is 29.4 Å². The number of allylic oxidation sites excluding steroid dienone is 1. The Bertz CT molecular complexity index is 910. The molecule has 1 unspecified atom stereocenters. The highest BCUT2D eigenvalue weighted by atomic mass is 35.5. The normalized spacial score (nSPS) is 20.5. The maximum absolute atomic E-state index is 13.2. The molecule has 150 valence electrons. The molecule has 2 aliphatic rings. The minimum absolute atomic E-state index is 0. The highest BCUT2D eigenvalue weighted by molar-refractivity contribution is 8.00. The van der Waals surface area contributed by atoms with E-state index in [4.69, 9.17) is 10.5 Å². The van der Waals surface area contributed by atoms with Crippen molar-refractivity contribution in [2.24, 2.45) is 5.73 Å². The molecule has 1 fully saturated rings. The number of halogens is 1. The zero-order chi connectivity index (χ0) is 19.7. The standard InChI is InChI=1S/C22H20N2O3S.ClH/c1-2-14-13-28-21-17(23)20(25)24(21)18(14)22(26)27-19(15-9-5-3-6-10-15)16-11-7-4-8-12-16;/h2-12,17,19,21H,1,13,23H2;1H/t17?,21-;/m1./s1. The summed E-state index contributed by atoms with van der Waals surface area (Å²) in [5, 5.41) is -0.231. The van der Waals surface area contributed by atoms with E-state index in [9.17, 15) is 9.59 Å². The van der Waals surface area contributed by atoms with Gasteiger partial charge >= 0.3 is 5.97 Å². The number of amides is 1. The van der Waals surface area contributed by atoms with Gasteiger partial charge in [-0.1, -0.05) is 73.3 Å². The van der Waals surface area contributed by atoms with Gasteiger partial charge in [0, 0.05) is 5.75 Å². The van der Waals surface area contributed by atoms with Crippen molar-refractivity contribution in [3.05, 3.63) is 95.7 Å². The van der Waals surface area contributed by atoms with Crippen molar-refractivity contribution in [3.63, 3.8) is 0 Å². The number of thioether (sulfide) groups is 1. The van der Waals surface area contributed by atoms with Crippen LogP contribution in [0, 0.1) is 0 Å². The van der Waals surface area contributed by atoms with E-state index in [0.717, 1.165) is 11.1 Å². The van der Waals surface area contributed by atoms with E-state index >= 15 is 0 Å². The molecule has 4 rings (SSSR count). The number of benzene rings is 2. The highest BCUT2D eigenvalue weighted by Gasteiger charge is 2.52. The molecule has 2 aromatic carbocycles. The fourth-order valence-electron chi connectivity index (χ4n) is 3.43. The first kappa shape index (κ1) is 21.2. The van der Waals surface area contributed by atoms with Crippen LogP contribution in [0.2, 0.25) is 0 Å². The lowest BCUT2D eigenvalue weighted by atomic mass is 10.0. The van der Waals surface area contributed by atoms with Gasteiger partial charge in [-0.05, 0) is 16.7 Å². The van der Waals surface area contributed by atoms with Gasteiger partial charge in [0.1, 0.15) is 17.1 Å². The summed E-state index contributed by atoms with van der Waals surface area (Å²) in [6.07, 6.45) is 1.03. The van der Waals surface area contributed by atoms with Crippen LogP contribution in [0.25, 0.3) is 0 Å². The number of ether oxygens (including phenoxy) is 1. The average Bonchev–Trinajstić information content (AvgIpc) is 2.76. The van der Waals surface area contributed by atoms with Gasteiger partial charge in [-0.2, -0.15) is 0 Å². The Morgan fingerprint density at radius 3 is 2.21 bits per heavy atom. The zero-order valence-electron chi connectivity index (χ0n) is 15.6. The van der Waals surface area contributed by atoms with Crippen LogP contribution in [0.15, 0.2) is 84.6 Å². The Labute approximate surface area is 180 Å². The predicted molar refractivity (Wildman–Crippen MR) is 116 cm³/mol. The molecule has 1 amide bonds. The van der Waals surface area contributed by atoms with Crippen molar-refractivity contribution < 1.29 is 14.3 Å². The number of hydrogen-bond donors (Lipinski definition) is 1. The van der Waals surface area contributed by atoms with Crippen molar-refractivity contribution in [2.75, 3.05) is 5.75 Å². The van der Waals surface area contributed by atoms with Crippen LogP contribution in [-0.4, -0.2) is 33.9 Å². The molecule has 0 saturated carbocycles. The van der Waals surface area contributed by atoms with Gasteiger partial charge in [-0.15, -0.1) is 24.2 Å². The molecular formula is C22H21ClN2O3S. The highest BCUT2D eigenvalue weighted by Crippen LogP contribution is 2.40. The smallest absolute Gasteiger partial charge is 0.356 e. The van der Waals surface area contributed by atoms with Crippen molar-refractivity contribution in [1.82, 2.24) is 4.90 Å². The van der Waals surface area contributed by atoms with Crippen LogP contribution in [0.5, 0.6) is 0 Å². The molecule has 2 aromatic rings. The number of hydrogen-bond acceptors (Lipinski definition) is 5. The first-order chi connectivity index (χ1) is 13.6. The van der Waals surface area contributed by atoms with E-state index in [0.29, 0.717) is 11.3 Å². The number of β-lactam (4-membered cyclic amide) rings is 1. The lowest BCUT2D eigenvalue weighted by Crippen LogP contribution is -2.68. The van der Waals surface area contributed by atoms with Gasteiger partial charge in [0.2, 0.25) is 5.91 Å². The molecule has 0 aromatic heterocycles. The number of rotatable bonds is 5. The number of carbonyl (C=O) groups excluding carboxylic acids is 2. The molecule has 29 heavy (non-hydrogen) atoms. The summed E-state index contributed by atoms with van der Waals surface area (Å²) in [6, 6.07) is 18.5. The number of carbonyl (C=O) groups is 2. The Hall–Kier alpha value is -2.54. The van der Waals surface area contributed by atoms with E-state index in [2.05, 4.69) is 6.58 Å².